The second kappa shape index (κ2) is 7.17. The molecule has 1 saturated carbocycles. The molecule has 25 heavy (non-hydrogen) atoms. The highest BCUT2D eigenvalue weighted by Gasteiger charge is 2.25. The lowest BCUT2D eigenvalue weighted by molar-refractivity contribution is -0.122. The van der Waals surface area contributed by atoms with Crippen LogP contribution in [0.15, 0.2) is 30.5 Å². The van der Waals surface area contributed by atoms with E-state index in [0.29, 0.717) is 17.4 Å². The largest absolute Gasteiger partial charge is 0.481 e. The van der Waals surface area contributed by atoms with Gasteiger partial charge in [-0.25, -0.2) is 13.8 Å². The molecule has 3 rings (SSSR count). The first kappa shape index (κ1) is 17.3. The number of pyridine rings is 1. The van der Waals surface area contributed by atoms with Crippen LogP contribution in [0.4, 0.5) is 8.78 Å². The molecule has 0 bridgehead atoms. The lowest BCUT2D eigenvalue weighted by atomic mass is 10.00. The number of carbonyl (C=O) groups is 1. The number of hydrogen-bond acceptors (Lipinski definition) is 3. The standard InChI is InChI=1S/C19H20F2N2O2/c1-11(13-5-6-16(20)17(21)8-13)18(24)22-10-15-7-14(12-3-4-12)9-23-19(15)25-2/h5-9,11-12H,3-4,10H2,1-2H3,(H,22,24)/t11-/m0/s1. The maximum atomic E-state index is 13.3. The normalized spacial score (nSPS) is 14.9. The Balaban J connectivity index is 1.68. The third kappa shape index (κ3) is 3.95. The first-order valence-corrected chi connectivity index (χ1v) is 8.25. The van der Waals surface area contributed by atoms with E-state index in [1.807, 2.05) is 12.3 Å². The van der Waals surface area contributed by atoms with Crippen LogP contribution in [-0.2, 0) is 11.3 Å². The summed E-state index contributed by atoms with van der Waals surface area (Å²) in [5.41, 5.74) is 2.38. The van der Waals surface area contributed by atoms with Gasteiger partial charge in [0, 0.05) is 18.3 Å². The van der Waals surface area contributed by atoms with Gasteiger partial charge in [0.15, 0.2) is 11.6 Å². The fraction of sp³-hybridized carbons (Fsp3) is 0.368. The third-order valence-corrected chi connectivity index (χ3v) is 4.48. The molecular formula is C19H20F2N2O2. The van der Waals surface area contributed by atoms with Gasteiger partial charge >= 0.3 is 0 Å². The van der Waals surface area contributed by atoms with E-state index >= 15 is 0 Å². The van der Waals surface area contributed by atoms with E-state index in [2.05, 4.69) is 10.3 Å². The molecule has 132 valence electrons. The van der Waals surface area contributed by atoms with Gasteiger partial charge in [0.2, 0.25) is 11.8 Å². The summed E-state index contributed by atoms with van der Waals surface area (Å²) in [5, 5.41) is 2.82. The number of amides is 1. The van der Waals surface area contributed by atoms with E-state index in [1.165, 1.54) is 13.2 Å². The first-order valence-electron chi connectivity index (χ1n) is 8.25. The molecular weight excluding hydrogens is 326 g/mol. The molecule has 0 aliphatic heterocycles. The van der Waals surface area contributed by atoms with Gasteiger partial charge < -0.3 is 10.1 Å². The molecule has 1 atom stereocenters. The van der Waals surface area contributed by atoms with Gasteiger partial charge in [0.05, 0.1) is 13.0 Å². The van der Waals surface area contributed by atoms with Crippen molar-refractivity contribution in [1.29, 1.82) is 0 Å². The number of benzene rings is 1. The molecule has 0 radical (unpaired) electrons. The Kier molecular flexibility index (Phi) is 4.97. The first-order chi connectivity index (χ1) is 12.0. The molecule has 6 heteroatoms. The number of nitrogens with zero attached hydrogens (tertiary/aromatic N) is 1. The van der Waals surface area contributed by atoms with Crippen molar-refractivity contribution in [3.63, 3.8) is 0 Å². The molecule has 1 aromatic heterocycles. The number of carbonyl (C=O) groups excluding carboxylic acids is 1. The Labute approximate surface area is 145 Å². The molecule has 1 aromatic carbocycles. The van der Waals surface area contributed by atoms with Crippen LogP contribution in [0.1, 0.15) is 48.3 Å². The predicted octanol–water partition coefficient (Wildman–Crippen LogP) is 3.67. The third-order valence-electron chi connectivity index (χ3n) is 4.48. The minimum atomic E-state index is -0.958. The van der Waals surface area contributed by atoms with Gasteiger partial charge in [-0.1, -0.05) is 6.07 Å². The Bertz CT molecular complexity index is 791. The van der Waals surface area contributed by atoms with E-state index in [4.69, 9.17) is 4.74 Å². The molecule has 1 amide bonds. The summed E-state index contributed by atoms with van der Waals surface area (Å²) in [4.78, 5) is 16.7. The number of nitrogens with one attached hydrogen (secondary N) is 1. The van der Waals surface area contributed by atoms with Crippen LogP contribution < -0.4 is 10.1 Å². The number of hydrogen-bond donors (Lipinski definition) is 1. The molecule has 1 fully saturated rings. The Morgan fingerprint density at radius 1 is 1.32 bits per heavy atom. The lowest BCUT2D eigenvalue weighted by Crippen LogP contribution is -2.28. The highest BCUT2D eigenvalue weighted by molar-refractivity contribution is 5.83. The average molecular weight is 346 g/mol. The number of halogens is 2. The van der Waals surface area contributed by atoms with Crippen molar-refractivity contribution in [3.8, 4) is 5.88 Å². The van der Waals surface area contributed by atoms with Crippen LogP contribution in [0, 0.1) is 11.6 Å². The van der Waals surface area contributed by atoms with Crippen molar-refractivity contribution in [2.24, 2.45) is 0 Å². The quantitative estimate of drug-likeness (QED) is 0.868. The SMILES string of the molecule is COc1ncc(C2CC2)cc1CNC(=O)[C@@H](C)c1ccc(F)c(F)c1. The fourth-order valence-electron chi connectivity index (χ4n) is 2.74. The lowest BCUT2D eigenvalue weighted by Gasteiger charge is -2.14. The van der Waals surface area contributed by atoms with Gasteiger partial charge in [-0.15, -0.1) is 0 Å². The maximum Gasteiger partial charge on any atom is 0.227 e. The van der Waals surface area contributed by atoms with E-state index < -0.39 is 17.6 Å². The van der Waals surface area contributed by atoms with Crippen LogP contribution >= 0.6 is 0 Å². The minimum Gasteiger partial charge on any atom is -0.481 e. The van der Waals surface area contributed by atoms with Gasteiger partial charge in [0.1, 0.15) is 0 Å². The van der Waals surface area contributed by atoms with E-state index in [1.54, 1.807) is 6.92 Å². The van der Waals surface area contributed by atoms with Crippen molar-refractivity contribution in [1.82, 2.24) is 10.3 Å². The smallest absolute Gasteiger partial charge is 0.227 e. The molecule has 1 heterocycles. The summed E-state index contributed by atoms with van der Waals surface area (Å²) in [6.45, 7) is 1.92. The van der Waals surface area contributed by atoms with Crippen molar-refractivity contribution >= 4 is 5.91 Å². The van der Waals surface area contributed by atoms with E-state index in [0.717, 1.165) is 36.1 Å². The van der Waals surface area contributed by atoms with E-state index in [9.17, 15) is 13.6 Å². The number of methoxy groups -OCH3 is 1. The fourth-order valence-corrected chi connectivity index (χ4v) is 2.74. The molecule has 0 spiro atoms. The maximum absolute atomic E-state index is 13.3. The van der Waals surface area contributed by atoms with Crippen molar-refractivity contribution < 1.29 is 18.3 Å². The summed E-state index contributed by atoms with van der Waals surface area (Å²) in [6.07, 6.45) is 4.13. The van der Waals surface area contributed by atoms with Crippen LogP contribution in [0.2, 0.25) is 0 Å². The van der Waals surface area contributed by atoms with Crippen molar-refractivity contribution in [3.05, 3.63) is 58.8 Å². The minimum absolute atomic E-state index is 0.267. The summed E-state index contributed by atoms with van der Waals surface area (Å²) < 4.78 is 31.6. The zero-order valence-corrected chi connectivity index (χ0v) is 14.2. The van der Waals surface area contributed by atoms with Crippen LogP contribution in [0.3, 0.4) is 0 Å². The van der Waals surface area contributed by atoms with Gasteiger partial charge in [-0.2, -0.15) is 0 Å². The number of aromatic nitrogens is 1. The molecule has 1 aliphatic carbocycles. The van der Waals surface area contributed by atoms with Crippen LogP contribution in [0.25, 0.3) is 0 Å². The molecule has 2 aromatic rings. The topological polar surface area (TPSA) is 51.2 Å². The van der Waals surface area contributed by atoms with Crippen LogP contribution in [-0.4, -0.2) is 18.0 Å². The average Bonchev–Trinajstić information content (AvgIpc) is 3.46. The highest BCUT2D eigenvalue weighted by atomic mass is 19.2. The second-order valence-corrected chi connectivity index (χ2v) is 6.32. The van der Waals surface area contributed by atoms with Crippen LogP contribution in [0.5, 0.6) is 5.88 Å². The molecule has 0 unspecified atom stereocenters. The summed E-state index contributed by atoms with van der Waals surface area (Å²) in [6, 6.07) is 5.50. The summed E-state index contributed by atoms with van der Waals surface area (Å²) >= 11 is 0. The number of rotatable bonds is 6. The molecule has 1 N–H and O–H groups in total. The molecule has 0 saturated heterocycles. The zero-order chi connectivity index (χ0) is 18.0. The van der Waals surface area contributed by atoms with Gasteiger partial charge in [-0.05, 0) is 55.0 Å². The highest BCUT2D eigenvalue weighted by Crippen LogP contribution is 2.40. The Hall–Kier alpha value is -2.50. The Morgan fingerprint density at radius 3 is 2.72 bits per heavy atom. The monoisotopic (exact) mass is 346 g/mol. The zero-order valence-electron chi connectivity index (χ0n) is 14.2. The van der Waals surface area contributed by atoms with Crippen molar-refractivity contribution in [2.45, 2.75) is 38.1 Å². The Morgan fingerprint density at radius 2 is 2.08 bits per heavy atom. The summed E-state index contributed by atoms with van der Waals surface area (Å²) in [5.74, 6) is -1.73. The summed E-state index contributed by atoms with van der Waals surface area (Å²) in [7, 11) is 1.54. The van der Waals surface area contributed by atoms with E-state index in [-0.39, 0.29) is 12.5 Å². The number of ether oxygens (including phenoxy) is 1. The predicted molar refractivity (Wildman–Crippen MR) is 89.4 cm³/mol. The second-order valence-electron chi connectivity index (χ2n) is 6.32. The van der Waals surface area contributed by atoms with Gasteiger partial charge in [0.25, 0.3) is 0 Å². The molecule has 4 nitrogen and oxygen atoms in total. The van der Waals surface area contributed by atoms with Gasteiger partial charge in [-0.3, -0.25) is 4.79 Å². The van der Waals surface area contributed by atoms with Crippen molar-refractivity contribution in [2.75, 3.05) is 7.11 Å². The molecule has 1 aliphatic rings.